The zero-order chi connectivity index (χ0) is 16.1. The molecule has 1 fully saturated rings. The molecule has 0 saturated heterocycles. The molecule has 2 aromatic rings. The van der Waals surface area contributed by atoms with Crippen LogP contribution in [0.25, 0.3) is 0 Å². The van der Waals surface area contributed by atoms with E-state index in [0.717, 1.165) is 42.9 Å². The minimum atomic E-state index is -0.360. The lowest BCUT2D eigenvalue weighted by Gasteiger charge is -2.28. The molecule has 1 aliphatic rings. The van der Waals surface area contributed by atoms with E-state index in [4.69, 9.17) is 14.3 Å². The third-order valence-corrected chi connectivity index (χ3v) is 4.15. The number of rotatable bonds is 6. The van der Waals surface area contributed by atoms with Crippen LogP contribution in [0.4, 0.5) is 5.69 Å². The maximum Gasteiger partial charge on any atom is 0.129 e. The summed E-state index contributed by atoms with van der Waals surface area (Å²) in [7, 11) is 0. The van der Waals surface area contributed by atoms with Crippen LogP contribution in [0.3, 0.4) is 0 Å². The van der Waals surface area contributed by atoms with Gasteiger partial charge in [0.2, 0.25) is 0 Å². The fourth-order valence-electron chi connectivity index (χ4n) is 2.83. The molecule has 2 atom stereocenters. The first-order chi connectivity index (χ1) is 11.2. The summed E-state index contributed by atoms with van der Waals surface area (Å²) in [5.41, 5.74) is 0.962. The van der Waals surface area contributed by atoms with Crippen molar-refractivity contribution in [3.8, 4) is 5.75 Å². The smallest absolute Gasteiger partial charge is 0.129 e. The molecule has 1 saturated carbocycles. The molecule has 1 aliphatic carbocycles. The molecule has 5 heteroatoms. The number of anilines is 1. The molecule has 2 unspecified atom stereocenters. The normalized spacial score (nSPS) is 21.1. The van der Waals surface area contributed by atoms with Gasteiger partial charge >= 0.3 is 0 Å². The Morgan fingerprint density at radius 3 is 2.48 bits per heavy atom. The lowest BCUT2D eigenvalue weighted by Crippen LogP contribution is -2.34. The predicted molar refractivity (Wildman–Crippen MR) is 87.3 cm³/mol. The van der Waals surface area contributed by atoms with E-state index in [0.29, 0.717) is 12.3 Å². The van der Waals surface area contributed by atoms with Gasteiger partial charge in [0.15, 0.2) is 0 Å². The minimum Gasteiger partial charge on any atom is -0.488 e. The third-order valence-electron chi connectivity index (χ3n) is 4.15. The standard InChI is InChI=1S/C18H23NO4/c20-12-16-10-9-15(22-16)11-19-13-5-7-14(8-6-13)23-18-4-2-1-3-17(18)21/h5-10,17-21H,1-4,11-12H2. The van der Waals surface area contributed by atoms with Crippen LogP contribution < -0.4 is 10.1 Å². The molecule has 0 bridgehead atoms. The van der Waals surface area contributed by atoms with Crippen molar-refractivity contribution in [2.45, 2.75) is 51.0 Å². The number of aliphatic hydroxyl groups is 2. The Morgan fingerprint density at radius 1 is 1.04 bits per heavy atom. The zero-order valence-corrected chi connectivity index (χ0v) is 13.1. The van der Waals surface area contributed by atoms with Crippen LogP contribution in [0.15, 0.2) is 40.8 Å². The highest BCUT2D eigenvalue weighted by atomic mass is 16.5. The van der Waals surface area contributed by atoms with Gasteiger partial charge in [-0.05, 0) is 55.7 Å². The molecule has 0 spiro atoms. The molecule has 1 aromatic heterocycles. The highest BCUT2D eigenvalue weighted by Gasteiger charge is 2.24. The average Bonchev–Trinajstić information content (AvgIpc) is 3.04. The van der Waals surface area contributed by atoms with Crippen molar-refractivity contribution in [3.05, 3.63) is 47.9 Å². The van der Waals surface area contributed by atoms with Gasteiger partial charge < -0.3 is 24.7 Å². The second-order valence-electron chi connectivity index (χ2n) is 5.91. The molecule has 0 radical (unpaired) electrons. The van der Waals surface area contributed by atoms with Crippen molar-refractivity contribution in [1.82, 2.24) is 0 Å². The summed E-state index contributed by atoms with van der Waals surface area (Å²) in [4.78, 5) is 0. The Morgan fingerprint density at radius 2 is 1.78 bits per heavy atom. The minimum absolute atomic E-state index is 0.0843. The van der Waals surface area contributed by atoms with Crippen molar-refractivity contribution in [2.24, 2.45) is 0 Å². The second kappa shape index (κ2) is 7.53. The first-order valence-electron chi connectivity index (χ1n) is 8.12. The summed E-state index contributed by atoms with van der Waals surface area (Å²) in [6.45, 7) is 0.473. The van der Waals surface area contributed by atoms with Gasteiger partial charge in [0.05, 0.1) is 12.6 Å². The molecule has 124 valence electrons. The molecule has 1 aromatic carbocycles. The Hall–Kier alpha value is -1.98. The Balaban J connectivity index is 1.52. The first-order valence-corrected chi connectivity index (χ1v) is 8.12. The summed E-state index contributed by atoms with van der Waals surface area (Å²) >= 11 is 0. The van der Waals surface area contributed by atoms with Crippen molar-refractivity contribution in [1.29, 1.82) is 0 Å². The number of nitrogens with one attached hydrogen (secondary N) is 1. The van der Waals surface area contributed by atoms with Crippen LogP contribution in [0.5, 0.6) is 5.75 Å². The number of ether oxygens (including phenoxy) is 1. The summed E-state index contributed by atoms with van der Waals surface area (Å²) in [6, 6.07) is 11.3. The van der Waals surface area contributed by atoms with Gasteiger partial charge in [0.1, 0.15) is 30.0 Å². The predicted octanol–water partition coefficient (Wildman–Crippen LogP) is 3.07. The molecule has 3 rings (SSSR count). The van der Waals surface area contributed by atoms with Crippen LogP contribution in [-0.4, -0.2) is 22.4 Å². The van der Waals surface area contributed by atoms with Crippen molar-refractivity contribution in [2.75, 3.05) is 5.32 Å². The van der Waals surface area contributed by atoms with E-state index in [-0.39, 0.29) is 18.8 Å². The van der Waals surface area contributed by atoms with Gasteiger partial charge in [-0.2, -0.15) is 0 Å². The molecule has 23 heavy (non-hydrogen) atoms. The fourth-order valence-corrected chi connectivity index (χ4v) is 2.83. The Labute approximate surface area is 135 Å². The zero-order valence-electron chi connectivity index (χ0n) is 13.1. The average molecular weight is 317 g/mol. The van der Waals surface area contributed by atoms with E-state index in [1.54, 1.807) is 6.07 Å². The lowest BCUT2D eigenvalue weighted by molar-refractivity contribution is 0.00688. The Kier molecular flexibility index (Phi) is 5.20. The fraction of sp³-hybridized carbons (Fsp3) is 0.444. The number of aliphatic hydroxyl groups excluding tert-OH is 2. The van der Waals surface area contributed by atoms with Crippen molar-refractivity contribution < 1.29 is 19.4 Å². The van der Waals surface area contributed by atoms with E-state index in [1.807, 2.05) is 30.3 Å². The van der Waals surface area contributed by atoms with E-state index in [2.05, 4.69) is 5.32 Å². The van der Waals surface area contributed by atoms with Crippen LogP contribution in [0.1, 0.15) is 37.2 Å². The number of hydrogen-bond acceptors (Lipinski definition) is 5. The van der Waals surface area contributed by atoms with E-state index >= 15 is 0 Å². The quantitative estimate of drug-likeness (QED) is 0.763. The molecule has 0 amide bonds. The van der Waals surface area contributed by atoms with Crippen molar-refractivity contribution >= 4 is 5.69 Å². The number of hydrogen-bond donors (Lipinski definition) is 3. The molecule has 0 aliphatic heterocycles. The molecule has 5 nitrogen and oxygen atoms in total. The van der Waals surface area contributed by atoms with E-state index < -0.39 is 0 Å². The van der Waals surface area contributed by atoms with Crippen molar-refractivity contribution in [3.63, 3.8) is 0 Å². The number of benzene rings is 1. The Bertz CT molecular complexity index is 608. The second-order valence-corrected chi connectivity index (χ2v) is 5.91. The van der Waals surface area contributed by atoms with E-state index in [1.165, 1.54) is 0 Å². The van der Waals surface area contributed by atoms with Gasteiger partial charge in [-0.1, -0.05) is 6.42 Å². The van der Waals surface area contributed by atoms with Gasteiger partial charge in [-0.25, -0.2) is 0 Å². The van der Waals surface area contributed by atoms with Crippen LogP contribution >= 0.6 is 0 Å². The summed E-state index contributed by atoms with van der Waals surface area (Å²) in [5, 5.41) is 22.2. The topological polar surface area (TPSA) is 74.9 Å². The first kappa shape index (κ1) is 15.9. The van der Waals surface area contributed by atoms with Crippen LogP contribution in [0, 0.1) is 0 Å². The molecule has 1 heterocycles. The number of furan rings is 1. The lowest BCUT2D eigenvalue weighted by atomic mass is 9.95. The van der Waals surface area contributed by atoms with Crippen LogP contribution in [-0.2, 0) is 13.2 Å². The third kappa shape index (κ3) is 4.27. The van der Waals surface area contributed by atoms with Gasteiger partial charge in [0.25, 0.3) is 0 Å². The van der Waals surface area contributed by atoms with Crippen LogP contribution in [0.2, 0.25) is 0 Å². The van der Waals surface area contributed by atoms with E-state index in [9.17, 15) is 5.11 Å². The maximum atomic E-state index is 9.95. The van der Waals surface area contributed by atoms with Gasteiger partial charge in [0, 0.05) is 5.69 Å². The maximum absolute atomic E-state index is 9.95. The highest BCUT2D eigenvalue weighted by Crippen LogP contribution is 2.25. The summed E-state index contributed by atoms with van der Waals surface area (Å²) in [5.74, 6) is 2.12. The van der Waals surface area contributed by atoms with Gasteiger partial charge in [-0.15, -0.1) is 0 Å². The monoisotopic (exact) mass is 317 g/mol. The molecule has 3 N–H and O–H groups in total. The van der Waals surface area contributed by atoms with Gasteiger partial charge in [-0.3, -0.25) is 0 Å². The summed E-state index contributed by atoms with van der Waals surface area (Å²) < 4.78 is 11.3. The highest BCUT2D eigenvalue weighted by molar-refractivity contribution is 5.46. The largest absolute Gasteiger partial charge is 0.488 e. The SMILES string of the molecule is OCc1ccc(CNc2ccc(OC3CCCCC3O)cc2)o1. The molecular weight excluding hydrogens is 294 g/mol. The molecular formula is C18H23NO4. The summed E-state index contributed by atoms with van der Waals surface area (Å²) in [6.07, 6.45) is 3.47.